The number of rotatable bonds is 1. The summed E-state index contributed by atoms with van der Waals surface area (Å²) < 4.78 is 0. The third-order valence-corrected chi connectivity index (χ3v) is 2.49. The zero-order chi connectivity index (χ0) is 11.1. The van der Waals surface area contributed by atoms with Gasteiger partial charge in [-0.1, -0.05) is 6.08 Å². The molecule has 0 saturated carbocycles. The smallest absolute Gasteiger partial charge is 0.173 e. The van der Waals surface area contributed by atoms with Crippen LogP contribution in [-0.2, 0) is 4.79 Å². The van der Waals surface area contributed by atoms with Crippen molar-refractivity contribution in [1.82, 2.24) is 0 Å². The Balaban J connectivity index is 3.31. The molecular weight excluding hydrogens is 178 g/mol. The van der Waals surface area contributed by atoms with E-state index in [1.54, 1.807) is 19.9 Å². The largest absolute Gasteiger partial charge is 0.507 e. The van der Waals surface area contributed by atoms with Gasteiger partial charge in [-0.15, -0.1) is 0 Å². The molecule has 0 aromatic carbocycles. The van der Waals surface area contributed by atoms with Crippen LogP contribution < -0.4 is 5.73 Å². The van der Waals surface area contributed by atoms with Gasteiger partial charge in [0, 0.05) is 11.5 Å². The van der Waals surface area contributed by atoms with E-state index in [0.717, 1.165) is 5.57 Å². The van der Waals surface area contributed by atoms with Crippen molar-refractivity contribution in [1.29, 1.82) is 0 Å². The third-order valence-electron chi connectivity index (χ3n) is 2.49. The van der Waals surface area contributed by atoms with Crippen LogP contribution in [0.2, 0.25) is 0 Å². The SMILES string of the molecule is CC1=CC(C)(C)C(=O)C(C(C)N)=C1O. The lowest BCUT2D eigenvalue weighted by molar-refractivity contribution is -0.121. The summed E-state index contributed by atoms with van der Waals surface area (Å²) in [4.78, 5) is 11.9. The monoisotopic (exact) mass is 195 g/mol. The normalized spacial score (nSPS) is 23.5. The van der Waals surface area contributed by atoms with Crippen LogP contribution in [0.15, 0.2) is 23.0 Å². The highest BCUT2D eigenvalue weighted by atomic mass is 16.3. The highest BCUT2D eigenvalue weighted by molar-refractivity contribution is 6.03. The molecule has 3 heteroatoms. The molecule has 1 atom stereocenters. The Morgan fingerprint density at radius 3 is 2.43 bits per heavy atom. The molecule has 3 nitrogen and oxygen atoms in total. The Hall–Kier alpha value is -1.09. The molecule has 78 valence electrons. The van der Waals surface area contributed by atoms with Crippen LogP contribution in [0.4, 0.5) is 0 Å². The van der Waals surface area contributed by atoms with Crippen molar-refractivity contribution in [2.24, 2.45) is 11.1 Å². The molecule has 0 radical (unpaired) electrons. The van der Waals surface area contributed by atoms with Crippen molar-refractivity contribution in [3.63, 3.8) is 0 Å². The molecular formula is C11H17NO2. The minimum Gasteiger partial charge on any atom is -0.507 e. The number of hydrogen-bond acceptors (Lipinski definition) is 3. The first kappa shape index (κ1) is 11.0. The maximum atomic E-state index is 11.9. The zero-order valence-electron chi connectivity index (χ0n) is 9.09. The summed E-state index contributed by atoms with van der Waals surface area (Å²) >= 11 is 0. The fraction of sp³-hybridized carbons (Fsp3) is 0.545. The van der Waals surface area contributed by atoms with Gasteiger partial charge in [-0.25, -0.2) is 0 Å². The van der Waals surface area contributed by atoms with Gasteiger partial charge in [-0.3, -0.25) is 4.79 Å². The predicted octanol–water partition coefficient (Wildman–Crippen LogP) is 1.70. The zero-order valence-corrected chi connectivity index (χ0v) is 9.09. The second-order valence-electron chi connectivity index (χ2n) is 4.43. The van der Waals surface area contributed by atoms with Gasteiger partial charge in [-0.05, 0) is 33.3 Å². The van der Waals surface area contributed by atoms with E-state index in [0.29, 0.717) is 5.57 Å². The van der Waals surface area contributed by atoms with Gasteiger partial charge in [-0.2, -0.15) is 0 Å². The van der Waals surface area contributed by atoms with Crippen LogP contribution >= 0.6 is 0 Å². The summed E-state index contributed by atoms with van der Waals surface area (Å²) in [5, 5.41) is 9.72. The first-order valence-corrected chi connectivity index (χ1v) is 4.70. The van der Waals surface area contributed by atoms with E-state index in [-0.39, 0.29) is 11.5 Å². The molecule has 14 heavy (non-hydrogen) atoms. The Labute approximate surface area is 84.3 Å². The number of aliphatic hydroxyl groups is 1. The summed E-state index contributed by atoms with van der Waals surface area (Å²) in [6, 6.07) is -0.426. The van der Waals surface area contributed by atoms with Crippen molar-refractivity contribution in [3.8, 4) is 0 Å². The fourth-order valence-corrected chi connectivity index (χ4v) is 1.76. The van der Waals surface area contributed by atoms with Crippen LogP contribution in [0.25, 0.3) is 0 Å². The van der Waals surface area contributed by atoms with Gasteiger partial charge < -0.3 is 10.8 Å². The molecule has 1 aliphatic carbocycles. The van der Waals surface area contributed by atoms with Gasteiger partial charge in [0.15, 0.2) is 5.78 Å². The quantitative estimate of drug-likeness (QED) is 0.669. The Morgan fingerprint density at radius 1 is 1.50 bits per heavy atom. The average Bonchev–Trinajstić information content (AvgIpc) is 2.00. The lowest BCUT2D eigenvalue weighted by Crippen LogP contribution is -2.36. The summed E-state index contributed by atoms with van der Waals surface area (Å²) in [6.45, 7) is 7.14. The van der Waals surface area contributed by atoms with Crippen molar-refractivity contribution in [2.75, 3.05) is 0 Å². The first-order valence-electron chi connectivity index (χ1n) is 4.70. The third kappa shape index (κ3) is 1.60. The lowest BCUT2D eigenvalue weighted by Gasteiger charge is -2.28. The van der Waals surface area contributed by atoms with Crippen LogP contribution in [0, 0.1) is 5.41 Å². The molecule has 0 heterocycles. The molecule has 0 fully saturated rings. The molecule has 1 unspecified atom stereocenters. The number of carbonyl (C=O) groups is 1. The van der Waals surface area contributed by atoms with Gasteiger partial charge in [0.05, 0.1) is 5.57 Å². The molecule has 0 bridgehead atoms. The van der Waals surface area contributed by atoms with Crippen LogP contribution in [0.5, 0.6) is 0 Å². The topological polar surface area (TPSA) is 63.3 Å². The molecule has 1 aliphatic rings. The minimum atomic E-state index is -0.556. The first-order chi connectivity index (χ1) is 6.27. The van der Waals surface area contributed by atoms with Gasteiger partial charge in [0.2, 0.25) is 0 Å². The number of nitrogens with two attached hydrogens (primary N) is 1. The Kier molecular flexibility index (Phi) is 2.54. The van der Waals surface area contributed by atoms with Crippen molar-refractivity contribution in [2.45, 2.75) is 33.7 Å². The lowest BCUT2D eigenvalue weighted by atomic mass is 9.76. The molecule has 1 rings (SSSR count). The second-order valence-corrected chi connectivity index (χ2v) is 4.43. The van der Waals surface area contributed by atoms with E-state index in [1.165, 1.54) is 0 Å². The minimum absolute atomic E-state index is 0.0457. The highest BCUT2D eigenvalue weighted by Crippen LogP contribution is 2.33. The van der Waals surface area contributed by atoms with Gasteiger partial charge in [0.25, 0.3) is 0 Å². The van der Waals surface area contributed by atoms with Crippen LogP contribution in [0.1, 0.15) is 27.7 Å². The van der Waals surface area contributed by atoms with E-state index in [2.05, 4.69) is 0 Å². The predicted molar refractivity (Wildman–Crippen MR) is 55.8 cm³/mol. The number of hydrogen-bond donors (Lipinski definition) is 2. The van der Waals surface area contributed by atoms with Crippen molar-refractivity contribution in [3.05, 3.63) is 23.0 Å². The highest BCUT2D eigenvalue weighted by Gasteiger charge is 2.36. The molecule has 0 amide bonds. The average molecular weight is 195 g/mol. The van der Waals surface area contributed by atoms with E-state index in [4.69, 9.17) is 5.73 Å². The summed E-state index contributed by atoms with van der Waals surface area (Å²) in [5.41, 5.74) is 6.18. The number of aliphatic hydroxyl groups excluding tert-OH is 1. The van der Waals surface area contributed by atoms with Gasteiger partial charge >= 0.3 is 0 Å². The Bertz CT molecular complexity index is 335. The molecule has 3 N–H and O–H groups in total. The molecule has 0 spiro atoms. The van der Waals surface area contributed by atoms with E-state index in [1.807, 2.05) is 13.8 Å². The molecule has 0 aromatic heterocycles. The summed E-state index contributed by atoms with van der Waals surface area (Å²) in [6.07, 6.45) is 1.77. The van der Waals surface area contributed by atoms with E-state index < -0.39 is 11.5 Å². The maximum Gasteiger partial charge on any atom is 0.173 e. The number of carbonyl (C=O) groups excluding carboxylic acids is 1. The van der Waals surface area contributed by atoms with Gasteiger partial charge in [0.1, 0.15) is 5.76 Å². The van der Waals surface area contributed by atoms with Crippen LogP contribution in [-0.4, -0.2) is 16.9 Å². The molecule has 0 aliphatic heterocycles. The standard InChI is InChI=1S/C11H17NO2/c1-6-5-11(3,4)10(14)8(7(2)12)9(6)13/h5,7,13H,12H2,1-4H3. The number of ketones is 1. The van der Waals surface area contributed by atoms with E-state index in [9.17, 15) is 9.90 Å². The van der Waals surface area contributed by atoms with Crippen LogP contribution in [0.3, 0.4) is 0 Å². The van der Waals surface area contributed by atoms with Crippen molar-refractivity contribution < 1.29 is 9.90 Å². The molecule has 0 aromatic rings. The molecule has 0 saturated heterocycles. The van der Waals surface area contributed by atoms with E-state index >= 15 is 0 Å². The summed E-state index contributed by atoms with van der Waals surface area (Å²) in [7, 11) is 0. The Morgan fingerprint density at radius 2 is 2.00 bits per heavy atom. The fourth-order valence-electron chi connectivity index (χ4n) is 1.76. The number of Topliss-reactive ketones (excluding diaryl/α,β-unsaturated/α-hetero) is 1. The second kappa shape index (κ2) is 3.24. The maximum absolute atomic E-state index is 11.9. The van der Waals surface area contributed by atoms with Crippen molar-refractivity contribution >= 4 is 5.78 Å². The summed E-state index contributed by atoms with van der Waals surface area (Å²) in [5.74, 6) is -0.0417. The number of allylic oxidation sites excluding steroid dienone is 2.